The van der Waals surface area contributed by atoms with E-state index in [0.29, 0.717) is 26.9 Å². The maximum Gasteiger partial charge on any atom is 0.417 e. The Balaban J connectivity index is 1.68. The van der Waals surface area contributed by atoms with Crippen LogP contribution in [0.1, 0.15) is 15.9 Å². The van der Waals surface area contributed by atoms with E-state index in [0.717, 1.165) is 12.3 Å². The van der Waals surface area contributed by atoms with Crippen LogP contribution in [-0.2, 0) is 6.18 Å². The molecule has 0 aliphatic carbocycles. The van der Waals surface area contributed by atoms with Crippen molar-refractivity contribution in [2.24, 2.45) is 0 Å². The summed E-state index contributed by atoms with van der Waals surface area (Å²) in [6.45, 7) is 0. The number of nitrogens with one attached hydrogen (secondary N) is 2. The largest absolute Gasteiger partial charge is 0.417 e. The van der Waals surface area contributed by atoms with Gasteiger partial charge in [-0.05, 0) is 36.4 Å². The van der Waals surface area contributed by atoms with E-state index in [4.69, 9.17) is 23.2 Å². The second-order valence-electron chi connectivity index (χ2n) is 6.31. The Morgan fingerprint density at radius 1 is 1.03 bits per heavy atom. The summed E-state index contributed by atoms with van der Waals surface area (Å²) < 4.78 is 38.7. The summed E-state index contributed by atoms with van der Waals surface area (Å²) in [5.41, 5.74) is 0.421. The van der Waals surface area contributed by atoms with Crippen LogP contribution in [0.15, 0.2) is 54.7 Å². The minimum atomic E-state index is -4.52. The van der Waals surface area contributed by atoms with Gasteiger partial charge in [-0.3, -0.25) is 4.79 Å². The van der Waals surface area contributed by atoms with Crippen LogP contribution in [-0.4, -0.2) is 20.9 Å². The molecule has 5 nitrogen and oxygen atoms in total. The molecule has 10 heteroatoms. The number of aromatic amines is 1. The molecule has 30 heavy (non-hydrogen) atoms. The summed E-state index contributed by atoms with van der Waals surface area (Å²) in [6, 6.07) is 12.2. The van der Waals surface area contributed by atoms with Crippen molar-refractivity contribution in [1.82, 2.24) is 15.0 Å². The fourth-order valence-corrected chi connectivity index (χ4v) is 3.24. The molecule has 0 saturated heterocycles. The molecule has 2 N–H and O–H groups in total. The zero-order valence-electron chi connectivity index (χ0n) is 14.9. The number of halogens is 5. The molecular weight excluding hydrogens is 440 g/mol. The molecule has 2 heterocycles. The number of carbonyl (C=O) groups is 1. The molecule has 4 aromatic rings. The molecule has 152 valence electrons. The van der Waals surface area contributed by atoms with E-state index in [-0.39, 0.29) is 17.0 Å². The van der Waals surface area contributed by atoms with E-state index < -0.39 is 17.6 Å². The maximum absolute atomic E-state index is 12.9. The van der Waals surface area contributed by atoms with Crippen LogP contribution < -0.4 is 5.32 Å². The van der Waals surface area contributed by atoms with Gasteiger partial charge in [-0.1, -0.05) is 35.3 Å². The molecule has 0 unspecified atom stereocenters. The van der Waals surface area contributed by atoms with Crippen molar-refractivity contribution < 1.29 is 18.0 Å². The van der Waals surface area contributed by atoms with Crippen molar-refractivity contribution in [3.8, 4) is 11.4 Å². The number of rotatable bonds is 3. The lowest BCUT2D eigenvalue weighted by molar-refractivity contribution is -0.137. The summed E-state index contributed by atoms with van der Waals surface area (Å²) in [5.74, 6) is -0.203. The summed E-state index contributed by atoms with van der Waals surface area (Å²) in [7, 11) is 0. The smallest absolute Gasteiger partial charge is 0.337 e. The Hall–Kier alpha value is -3.10. The predicted octanol–water partition coefficient (Wildman–Crippen LogP) is 6.20. The number of imidazole rings is 1. The van der Waals surface area contributed by atoms with Crippen molar-refractivity contribution in [2.75, 3.05) is 5.32 Å². The highest BCUT2D eigenvalue weighted by Gasteiger charge is 2.31. The summed E-state index contributed by atoms with van der Waals surface area (Å²) in [5, 5.41) is 3.30. The van der Waals surface area contributed by atoms with Crippen LogP contribution in [0.5, 0.6) is 0 Å². The van der Waals surface area contributed by atoms with Gasteiger partial charge in [0.05, 0.1) is 26.7 Å². The zero-order chi connectivity index (χ0) is 21.5. The highest BCUT2D eigenvalue weighted by molar-refractivity contribution is 6.34. The molecule has 0 saturated carbocycles. The van der Waals surface area contributed by atoms with Crippen LogP contribution in [0.3, 0.4) is 0 Å². The average Bonchev–Trinajstić information content (AvgIpc) is 3.12. The Labute approximate surface area is 177 Å². The number of amides is 1. The first-order valence-corrected chi connectivity index (χ1v) is 9.27. The predicted molar refractivity (Wildman–Crippen MR) is 109 cm³/mol. The van der Waals surface area contributed by atoms with Gasteiger partial charge in [-0.25, -0.2) is 9.97 Å². The molecular formula is C20H11Cl2F3N4O. The number of H-pyrrole nitrogens is 1. The Bertz CT molecular complexity index is 1270. The molecule has 0 fully saturated rings. The lowest BCUT2D eigenvalue weighted by atomic mass is 10.1. The number of fused-ring (bicyclic) bond motifs is 1. The average molecular weight is 451 g/mol. The fourth-order valence-electron chi connectivity index (χ4n) is 2.81. The highest BCUT2D eigenvalue weighted by atomic mass is 35.5. The number of carbonyl (C=O) groups excluding carboxylic acids is 1. The van der Waals surface area contributed by atoms with Crippen LogP contribution in [0, 0.1) is 0 Å². The minimum absolute atomic E-state index is 0.111. The van der Waals surface area contributed by atoms with E-state index in [2.05, 4.69) is 20.3 Å². The number of benzene rings is 2. The maximum atomic E-state index is 12.9. The first kappa shape index (κ1) is 20.2. The lowest BCUT2D eigenvalue weighted by Gasteiger charge is -2.09. The van der Waals surface area contributed by atoms with E-state index in [1.807, 2.05) is 0 Å². The van der Waals surface area contributed by atoms with Gasteiger partial charge in [0.15, 0.2) is 5.65 Å². The highest BCUT2D eigenvalue weighted by Crippen LogP contribution is 2.33. The van der Waals surface area contributed by atoms with E-state index in [9.17, 15) is 18.0 Å². The molecule has 0 bridgehead atoms. The van der Waals surface area contributed by atoms with Crippen LogP contribution >= 0.6 is 23.2 Å². The number of hydrogen-bond acceptors (Lipinski definition) is 3. The van der Waals surface area contributed by atoms with Crippen LogP contribution in [0.4, 0.5) is 18.9 Å². The summed E-state index contributed by atoms with van der Waals surface area (Å²) in [6.07, 6.45) is -3.80. The van der Waals surface area contributed by atoms with Gasteiger partial charge in [0.25, 0.3) is 5.91 Å². The SMILES string of the molecule is O=C(Nc1ccc(Cl)c(-c2nc3ncc(C(F)(F)F)cc3[nH]2)c1)c1ccccc1Cl. The van der Waals surface area contributed by atoms with E-state index >= 15 is 0 Å². The quantitative estimate of drug-likeness (QED) is 0.390. The standard InChI is InChI=1S/C20H11Cl2F3N4O/c21-14-4-2-1-3-12(14)19(30)27-11-5-6-15(22)13(8-11)17-28-16-7-10(20(23,24)25)9-26-18(16)29-17/h1-9H,(H,27,30)(H,26,28,29). The Kier molecular flexibility index (Phi) is 5.13. The monoisotopic (exact) mass is 450 g/mol. The summed E-state index contributed by atoms with van der Waals surface area (Å²) >= 11 is 12.3. The molecule has 0 aliphatic heterocycles. The second-order valence-corrected chi connectivity index (χ2v) is 7.12. The third-order valence-electron chi connectivity index (χ3n) is 4.26. The van der Waals surface area contributed by atoms with Crippen LogP contribution in [0.2, 0.25) is 10.0 Å². The van der Waals surface area contributed by atoms with Gasteiger partial charge in [0.2, 0.25) is 0 Å². The molecule has 4 rings (SSSR count). The Morgan fingerprint density at radius 2 is 1.80 bits per heavy atom. The van der Waals surface area contributed by atoms with Crippen molar-refractivity contribution in [3.05, 3.63) is 75.9 Å². The normalized spacial score (nSPS) is 11.6. The lowest BCUT2D eigenvalue weighted by Crippen LogP contribution is -2.12. The first-order chi connectivity index (χ1) is 14.2. The molecule has 2 aromatic heterocycles. The van der Waals surface area contributed by atoms with Gasteiger partial charge in [0, 0.05) is 17.4 Å². The second kappa shape index (κ2) is 7.62. The van der Waals surface area contributed by atoms with Gasteiger partial charge in [-0.2, -0.15) is 13.2 Å². The van der Waals surface area contributed by atoms with Crippen molar-refractivity contribution in [1.29, 1.82) is 0 Å². The Morgan fingerprint density at radius 3 is 2.53 bits per heavy atom. The number of pyridine rings is 1. The van der Waals surface area contributed by atoms with E-state index in [1.165, 1.54) is 0 Å². The molecule has 2 aromatic carbocycles. The number of hydrogen-bond donors (Lipinski definition) is 2. The van der Waals surface area contributed by atoms with Gasteiger partial charge >= 0.3 is 6.18 Å². The first-order valence-electron chi connectivity index (χ1n) is 8.51. The third-order valence-corrected chi connectivity index (χ3v) is 4.92. The topological polar surface area (TPSA) is 70.7 Å². The van der Waals surface area contributed by atoms with Gasteiger partial charge in [-0.15, -0.1) is 0 Å². The molecule has 0 radical (unpaired) electrons. The fraction of sp³-hybridized carbons (Fsp3) is 0.0500. The van der Waals surface area contributed by atoms with Crippen molar-refractivity contribution >= 4 is 46.0 Å². The van der Waals surface area contributed by atoms with Crippen molar-refractivity contribution in [2.45, 2.75) is 6.18 Å². The molecule has 0 aliphatic rings. The van der Waals surface area contributed by atoms with Gasteiger partial charge in [0.1, 0.15) is 5.82 Å². The number of nitrogens with zero attached hydrogens (tertiary/aromatic N) is 2. The number of anilines is 1. The molecule has 1 amide bonds. The molecule has 0 atom stereocenters. The van der Waals surface area contributed by atoms with Crippen LogP contribution in [0.25, 0.3) is 22.6 Å². The third kappa shape index (κ3) is 3.96. The number of alkyl halides is 3. The zero-order valence-corrected chi connectivity index (χ0v) is 16.4. The minimum Gasteiger partial charge on any atom is -0.337 e. The number of aromatic nitrogens is 3. The van der Waals surface area contributed by atoms with Crippen molar-refractivity contribution in [3.63, 3.8) is 0 Å². The summed E-state index contributed by atoms with van der Waals surface area (Å²) in [4.78, 5) is 23.2. The molecule has 0 spiro atoms. The van der Waals surface area contributed by atoms with Gasteiger partial charge < -0.3 is 10.3 Å². The van der Waals surface area contributed by atoms with E-state index in [1.54, 1.807) is 42.5 Å².